The van der Waals surface area contributed by atoms with Crippen LogP contribution in [-0.4, -0.2) is 25.5 Å². The number of esters is 1. The molecule has 2 aliphatic rings. The van der Waals surface area contributed by atoms with Crippen molar-refractivity contribution in [2.75, 3.05) is 13.2 Å². The zero-order valence-electron chi connectivity index (χ0n) is 23.9. The minimum atomic E-state index is -4.36. The molecule has 2 aromatic rings. The van der Waals surface area contributed by atoms with Gasteiger partial charge in [-0.25, -0.2) is 17.6 Å². The fourth-order valence-corrected chi connectivity index (χ4v) is 5.39. The van der Waals surface area contributed by atoms with E-state index in [-0.39, 0.29) is 30.1 Å². The lowest BCUT2D eigenvalue weighted by atomic mass is 9.81. The van der Waals surface area contributed by atoms with Crippen molar-refractivity contribution in [3.05, 3.63) is 71.3 Å². The molecule has 1 aliphatic heterocycles. The molecule has 1 aliphatic carbocycles. The Kier molecular flexibility index (Phi) is 11.5. The molecule has 0 radical (unpaired) electrons. The summed E-state index contributed by atoms with van der Waals surface area (Å²) in [7, 11) is 0. The fourth-order valence-electron chi connectivity index (χ4n) is 5.39. The van der Waals surface area contributed by atoms with Gasteiger partial charge >= 0.3 is 12.1 Å². The highest BCUT2D eigenvalue weighted by molar-refractivity contribution is 5.75. The van der Waals surface area contributed by atoms with E-state index in [0.29, 0.717) is 56.9 Å². The number of carbonyl (C=O) groups is 1. The molecule has 0 bridgehead atoms. The van der Waals surface area contributed by atoms with Crippen LogP contribution in [0.1, 0.15) is 70.3 Å². The number of carbonyl (C=O) groups excluding carboxylic acids is 1. The van der Waals surface area contributed by atoms with Crippen molar-refractivity contribution < 1.29 is 50.1 Å². The van der Waals surface area contributed by atoms with Crippen LogP contribution in [0.2, 0.25) is 0 Å². The summed E-state index contributed by atoms with van der Waals surface area (Å²) >= 11 is 0. The molecule has 1 heterocycles. The monoisotopic (exact) mass is 614 g/mol. The van der Waals surface area contributed by atoms with Gasteiger partial charge in [0.2, 0.25) is 0 Å². The van der Waals surface area contributed by atoms with Crippen molar-refractivity contribution in [1.82, 2.24) is 0 Å². The molecule has 0 aromatic heterocycles. The second-order valence-electron chi connectivity index (χ2n) is 11.1. The van der Waals surface area contributed by atoms with E-state index in [1.807, 2.05) is 0 Å². The van der Waals surface area contributed by atoms with Crippen molar-refractivity contribution in [2.24, 2.45) is 17.8 Å². The molecule has 11 heteroatoms. The van der Waals surface area contributed by atoms with Gasteiger partial charge in [-0.1, -0.05) is 25.5 Å². The summed E-state index contributed by atoms with van der Waals surface area (Å²) < 4.78 is 105. The largest absolute Gasteiger partial charge is 0.429 e. The van der Waals surface area contributed by atoms with Crippen LogP contribution in [0.3, 0.4) is 0 Å². The van der Waals surface area contributed by atoms with Crippen molar-refractivity contribution in [3.63, 3.8) is 0 Å². The molecule has 0 amide bonds. The number of rotatable bonds is 12. The smallest absolute Gasteiger partial charge is 0.429 e. The molecule has 4 rings (SSSR count). The summed E-state index contributed by atoms with van der Waals surface area (Å²) in [5.74, 6) is -8.68. The zero-order chi connectivity index (χ0) is 31.0. The number of halogens is 6. The van der Waals surface area contributed by atoms with E-state index >= 15 is 0 Å². The van der Waals surface area contributed by atoms with Crippen LogP contribution in [0.25, 0.3) is 0 Å². The van der Waals surface area contributed by atoms with Crippen LogP contribution in [-0.2, 0) is 20.4 Å². The molecular formula is C32H36F6O5. The number of allylic oxidation sites excluding steroid dienone is 2. The Bertz CT molecular complexity index is 1230. The molecular weight excluding hydrogens is 578 g/mol. The van der Waals surface area contributed by atoms with Gasteiger partial charge in [0.1, 0.15) is 22.9 Å². The van der Waals surface area contributed by atoms with E-state index in [9.17, 15) is 31.1 Å². The first-order valence-corrected chi connectivity index (χ1v) is 14.7. The van der Waals surface area contributed by atoms with Crippen LogP contribution < -0.4 is 9.47 Å². The lowest BCUT2D eigenvalue weighted by Crippen LogP contribution is -2.39. The summed E-state index contributed by atoms with van der Waals surface area (Å²) in [6.45, 7) is 3.43. The first-order valence-electron chi connectivity index (χ1n) is 14.7. The molecule has 0 atom stereocenters. The van der Waals surface area contributed by atoms with Crippen LogP contribution in [0.15, 0.2) is 42.5 Å². The van der Waals surface area contributed by atoms with E-state index < -0.39 is 52.6 Å². The van der Waals surface area contributed by atoms with Gasteiger partial charge in [0, 0.05) is 30.0 Å². The molecule has 2 fully saturated rings. The van der Waals surface area contributed by atoms with E-state index in [4.69, 9.17) is 14.2 Å². The normalized spacial score (nSPS) is 23.0. The van der Waals surface area contributed by atoms with Crippen LogP contribution in [0.5, 0.6) is 11.5 Å². The highest BCUT2D eigenvalue weighted by atomic mass is 19.3. The van der Waals surface area contributed by atoms with Crippen molar-refractivity contribution in [1.29, 1.82) is 0 Å². The summed E-state index contributed by atoms with van der Waals surface area (Å²) in [6, 6.07) is 2.64. The lowest BCUT2D eigenvalue weighted by molar-refractivity contribution is -0.230. The van der Waals surface area contributed by atoms with Gasteiger partial charge < -0.3 is 18.9 Å². The van der Waals surface area contributed by atoms with Gasteiger partial charge in [-0.3, -0.25) is 4.79 Å². The Balaban J connectivity index is 1.22. The molecule has 0 unspecified atom stereocenters. The third-order valence-electron chi connectivity index (χ3n) is 7.79. The number of benzene rings is 2. The van der Waals surface area contributed by atoms with Gasteiger partial charge in [0.05, 0.1) is 19.1 Å². The van der Waals surface area contributed by atoms with Crippen molar-refractivity contribution in [3.8, 4) is 11.5 Å². The molecule has 236 valence electrons. The summed E-state index contributed by atoms with van der Waals surface area (Å²) in [4.78, 5) is 12.7. The molecule has 0 N–H and O–H groups in total. The molecule has 43 heavy (non-hydrogen) atoms. The van der Waals surface area contributed by atoms with E-state index in [1.54, 1.807) is 0 Å². The standard InChI is InChI=1S/C32H36F6O5/c1-2-3-4-5-6-7-8-20-18-40-31(41-19-20)22-11-9-21(10-12-22)30(39)42-23-13-14-25(26(33)15-23)32(37,38)43-24-16-27(34)29(36)28(35)17-24/h3-4,13-17,20-22,31H,2,5-12,18-19H2,1H3/b4-3+. The highest BCUT2D eigenvalue weighted by Gasteiger charge is 2.39. The average molecular weight is 615 g/mol. The second-order valence-corrected chi connectivity index (χ2v) is 11.1. The Morgan fingerprint density at radius 2 is 1.56 bits per heavy atom. The topological polar surface area (TPSA) is 54.0 Å². The highest BCUT2D eigenvalue weighted by Crippen LogP contribution is 2.37. The SMILES string of the molecule is CC/C=C/CCCCC1COC(C2CCC(C(=O)Oc3ccc(C(F)(F)Oc4cc(F)c(F)c(F)c4)c(F)c3)CC2)OC1. The minimum absolute atomic E-state index is 0.145. The van der Waals surface area contributed by atoms with Crippen molar-refractivity contribution >= 4 is 5.97 Å². The van der Waals surface area contributed by atoms with Gasteiger partial charge in [0.25, 0.3) is 0 Å². The Labute approximate surface area is 247 Å². The number of hydrogen-bond acceptors (Lipinski definition) is 5. The predicted octanol–water partition coefficient (Wildman–Crippen LogP) is 8.60. The van der Waals surface area contributed by atoms with Crippen LogP contribution in [0.4, 0.5) is 26.3 Å². The number of alkyl halides is 2. The fraction of sp³-hybridized carbons (Fsp3) is 0.531. The molecule has 2 aromatic carbocycles. The third-order valence-corrected chi connectivity index (χ3v) is 7.79. The maximum Gasteiger partial charge on any atom is 0.429 e. The summed E-state index contributed by atoms with van der Waals surface area (Å²) in [5, 5.41) is 0. The Morgan fingerprint density at radius 3 is 2.19 bits per heavy atom. The first kappa shape index (κ1) is 32.9. The first-order chi connectivity index (χ1) is 20.6. The summed E-state index contributed by atoms with van der Waals surface area (Å²) in [5.41, 5.74) is -1.27. The van der Waals surface area contributed by atoms with E-state index in [0.717, 1.165) is 38.2 Å². The second kappa shape index (κ2) is 15.1. The Hall–Kier alpha value is -3.05. The maximum absolute atomic E-state index is 14.6. The lowest BCUT2D eigenvalue weighted by Gasteiger charge is -2.37. The van der Waals surface area contributed by atoms with Gasteiger partial charge in [0.15, 0.2) is 23.7 Å². The maximum atomic E-state index is 14.6. The third kappa shape index (κ3) is 8.98. The molecule has 1 saturated carbocycles. The van der Waals surface area contributed by atoms with E-state index in [1.165, 1.54) is 0 Å². The minimum Gasteiger partial charge on any atom is -0.429 e. The quantitative estimate of drug-likeness (QED) is 0.0599. The number of ether oxygens (including phenoxy) is 4. The van der Waals surface area contributed by atoms with Crippen LogP contribution in [0, 0.1) is 41.0 Å². The molecule has 5 nitrogen and oxygen atoms in total. The van der Waals surface area contributed by atoms with Gasteiger partial charge in [-0.2, -0.15) is 8.78 Å². The van der Waals surface area contributed by atoms with Gasteiger partial charge in [-0.05, 0) is 63.5 Å². The number of hydrogen-bond donors (Lipinski definition) is 0. The van der Waals surface area contributed by atoms with E-state index in [2.05, 4.69) is 23.8 Å². The zero-order valence-corrected chi connectivity index (χ0v) is 23.9. The predicted molar refractivity (Wildman–Crippen MR) is 145 cm³/mol. The van der Waals surface area contributed by atoms with Crippen molar-refractivity contribution in [2.45, 2.75) is 77.1 Å². The summed E-state index contributed by atoms with van der Waals surface area (Å²) in [6.07, 6.45) is 7.60. The Morgan fingerprint density at radius 1 is 0.907 bits per heavy atom. The molecule has 1 saturated heterocycles. The van der Waals surface area contributed by atoms with Gasteiger partial charge in [-0.15, -0.1) is 0 Å². The van der Waals surface area contributed by atoms with Crippen LogP contribution >= 0.6 is 0 Å². The average Bonchev–Trinajstić information content (AvgIpc) is 2.98. The number of unbranched alkanes of at least 4 members (excludes halogenated alkanes) is 2. The molecule has 0 spiro atoms.